The van der Waals surface area contributed by atoms with Crippen molar-refractivity contribution in [2.75, 3.05) is 13.6 Å². The maximum atomic E-state index is 13.9. The van der Waals surface area contributed by atoms with Gasteiger partial charge in [0.2, 0.25) is 0 Å². The van der Waals surface area contributed by atoms with E-state index in [9.17, 15) is 4.39 Å². The van der Waals surface area contributed by atoms with Gasteiger partial charge < -0.3 is 10.1 Å². The number of benzene rings is 2. The number of ether oxygens (including phenoxy) is 1. The van der Waals surface area contributed by atoms with Crippen LogP contribution >= 0.6 is 35.6 Å². The summed E-state index contributed by atoms with van der Waals surface area (Å²) in [4.78, 5) is 0. The Morgan fingerprint density at radius 2 is 1.95 bits per heavy atom. The van der Waals surface area contributed by atoms with Gasteiger partial charge in [0.1, 0.15) is 17.7 Å². The van der Waals surface area contributed by atoms with Crippen LogP contribution in [0.4, 0.5) is 4.39 Å². The molecule has 118 valence electrons. The second-order valence-corrected chi connectivity index (χ2v) is 5.85. The molecule has 2 aromatic rings. The van der Waals surface area contributed by atoms with Crippen molar-refractivity contribution in [2.24, 2.45) is 0 Å². The molecule has 0 aromatic heterocycles. The first-order chi connectivity index (χ1) is 10.1. The molecule has 1 unspecified atom stereocenters. The first-order valence-electron chi connectivity index (χ1n) is 6.68. The Bertz CT molecular complexity index is 673. The van der Waals surface area contributed by atoms with Crippen molar-refractivity contribution >= 4 is 35.6 Å². The average molecular weight is 363 g/mol. The van der Waals surface area contributed by atoms with Gasteiger partial charge in [0.15, 0.2) is 0 Å². The molecular weight excluding hydrogens is 348 g/mol. The third-order valence-corrected chi connectivity index (χ3v) is 4.16. The van der Waals surface area contributed by atoms with Crippen LogP contribution in [0.3, 0.4) is 0 Å². The van der Waals surface area contributed by atoms with Crippen molar-refractivity contribution in [1.82, 2.24) is 5.32 Å². The smallest absolute Gasteiger partial charge is 0.131 e. The van der Waals surface area contributed by atoms with Crippen LogP contribution in [-0.4, -0.2) is 19.7 Å². The Morgan fingerprint density at radius 1 is 1.27 bits per heavy atom. The molecule has 3 rings (SSSR count). The Kier molecular flexibility index (Phi) is 5.56. The molecule has 0 fully saturated rings. The van der Waals surface area contributed by atoms with Gasteiger partial charge in [-0.3, -0.25) is 0 Å². The molecule has 1 N–H and O–H groups in total. The third-order valence-electron chi connectivity index (χ3n) is 3.53. The molecular formula is C16H15Cl3FNO. The molecule has 22 heavy (non-hydrogen) atoms. The molecule has 2 nitrogen and oxygen atoms in total. The zero-order valence-corrected chi connectivity index (χ0v) is 14.2. The van der Waals surface area contributed by atoms with E-state index in [4.69, 9.17) is 27.9 Å². The summed E-state index contributed by atoms with van der Waals surface area (Å²) >= 11 is 12.5. The van der Waals surface area contributed by atoms with Crippen LogP contribution in [0.2, 0.25) is 10.0 Å². The van der Waals surface area contributed by atoms with Crippen LogP contribution in [0, 0.1) is 5.82 Å². The van der Waals surface area contributed by atoms with E-state index in [1.807, 2.05) is 7.05 Å². The van der Waals surface area contributed by atoms with E-state index in [0.717, 1.165) is 5.56 Å². The molecule has 0 aliphatic carbocycles. The zero-order chi connectivity index (χ0) is 15.0. The lowest BCUT2D eigenvalue weighted by molar-refractivity contribution is 0.232. The van der Waals surface area contributed by atoms with Gasteiger partial charge in [-0.05, 0) is 31.3 Å². The minimum absolute atomic E-state index is 0. The first-order valence-corrected chi connectivity index (χ1v) is 7.44. The fourth-order valence-electron chi connectivity index (χ4n) is 2.68. The van der Waals surface area contributed by atoms with Gasteiger partial charge in [-0.1, -0.05) is 29.3 Å². The van der Waals surface area contributed by atoms with Crippen LogP contribution in [0.25, 0.3) is 11.1 Å². The highest BCUT2D eigenvalue weighted by atomic mass is 35.5. The van der Waals surface area contributed by atoms with E-state index in [2.05, 4.69) is 5.32 Å². The van der Waals surface area contributed by atoms with Crippen molar-refractivity contribution < 1.29 is 9.13 Å². The molecule has 1 aliphatic rings. The van der Waals surface area contributed by atoms with E-state index in [0.29, 0.717) is 39.9 Å². The van der Waals surface area contributed by atoms with Gasteiger partial charge in [-0.15, -0.1) is 12.4 Å². The van der Waals surface area contributed by atoms with Crippen LogP contribution in [-0.2, 0) is 6.42 Å². The van der Waals surface area contributed by atoms with Gasteiger partial charge in [0.25, 0.3) is 0 Å². The SMILES string of the molecule is CNCC1Cc2cc(F)cc(-c3c(Cl)cccc3Cl)c2O1.Cl. The molecule has 0 bridgehead atoms. The topological polar surface area (TPSA) is 21.3 Å². The average Bonchev–Trinajstić information content (AvgIpc) is 2.81. The van der Waals surface area contributed by atoms with Crippen molar-refractivity contribution in [1.29, 1.82) is 0 Å². The summed E-state index contributed by atoms with van der Waals surface area (Å²) in [5.41, 5.74) is 2.07. The summed E-state index contributed by atoms with van der Waals surface area (Å²) < 4.78 is 19.9. The molecule has 2 aromatic carbocycles. The number of fused-ring (bicyclic) bond motifs is 1. The molecule has 0 spiro atoms. The van der Waals surface area contributed by atoms with E-state index in [1.54, 1.807) is 18.2 Å². The number of hydrogen-bond donors (Lipinski definition) is 1. The maximum absolute atomic E-state index is 13.9. The Hall–Kier alpha value is -1.000. The number of hydrogen-bond acceptors (Lipinski definition) is 2. The molecule has 0 amide bonds. The second kappa shape index (κ2) is 7.05. The van der Waals surface area contributed by atoms with Gasteiger partial charge in [0, 0.05) is 29.7 Å². The quantitative estimate of drug-likeness (QED) is 0.851. The van der Waals surface area contributed by atoms with Crippen LogP contribution < -0.4 is 10.1 Å². The number of likely N-dealkylation sites (N-methyl/N-ethyl adjacent to an activating group) is 1. The Labute approximate surface area is 145 Å². The standard InChI is InChI=1S/C16H14Cl2FNO.ClH/c1-20-8-11-6-9-5-10(19)7-12(16(9)21-11)15-13(17)3-2-4-14(15)18;/h2-5,7,11,20H,6,8H2,1H3;1H. The maximum Gasteiger partial charge on any atom is 0.131 e. The molecule has 1 aliphatic heterocycles. The summed E-state index contributed by atoms with van der Waals surface area (Å²) in [5.74, 6) is 0.361. The van der Waals surface area contributed by atoms with E-state index < -0.39 is 0 Å². The Morgan fingerprint density at radius 3 is 2.59 bits per heavy atom. The highest BCUT2D eigenvalue weighted by Crippen LogP contribution is 2.44. The normalized spacial score (nSPS) is 15.9. The lowest BCUT2D eigenvalue weighted by Gasteiger charge is -2.14. The fraction of sp³-hybridized carbons (Fsp3) is 0.250. The highest BCUT2D eigenvalue weighted by Gasteiger charge is 2.27. The van der Waals surface area contributed by atoms with Crippen LogP contribution in [0.5, 0.6) is 5.75 Å². The summed E-state index contributed by atoms with van der Waals surface area (Å²) in [7, 11) is 1.86. The van der Waals surface area contributed by atoms with E-state index in [1.165, 1.54) is 12.1 Å². The van der Waals surface area contributed by atoms with Crippen molar-refractivity contribution in [3.63, 3.8) is 0 Å². The Balaban J connectivity index is 0.00000176. The molecule has 6 heteroatoms. The van der Waals surface area contributed by atoms with Gasteiger partial charge >= 0.3 is 0 Å². The van der Waals surface area contributed by atoms with Crippen LogP contribution in [0.15, 0.2) is 30.3 Å². The van der Waals surface area contributed by atoms with E-state index >= 15 is 0 Å². The lowest BCUT2D eigenvalue weighted by atomic mass is 10.00. The van der Waals surface area contributed by atoms with Crippen LogP contribution in [0.1, 0.15) is 5.56 Å². The van der Waals surface area contributed by atoms with Gasteiger partial charge in [0.05, 0.1) is 10.0 Å². The molecule has 0 saturated heterocycles. The number of rotatable bonds is 3. The zero-order valence-electron chi connectivity index (χ0n) is 11.8. The molecule has 0 radical (unpaired) electrons. The minimum atomic E-state index is -0.312. The highest BCUT2D eigenvalue weighted by molar-refractivity contribution is 6.39. The third kappa shape index (κ3) is 3.18. The van der Waals surface area contributed by atoms with E-state index in [-0.39, 0.29) is 24.3 Å². The summed E-state index contributed by atoms with van der Waals surface area (Å²) in [6, 6.07) is 8.17. The van der Waals surface area contributed by atoms with Crippen molar-refractivity contribution in [3.05, 3.63) is 51.8 Å². The predicted molar refractivity (Wildman–Crippen MR) is 91.2 cm³/mol. The molecule has 1 atom stereocenters. The van der Waals surface area contributed by atoms with Crippen molar-refractivity contribution in [2.45, 2.75) is 12.5 Å². The summed E-state index contributed by atoms with van der Waals surface area (Å²) in [6.45, 7) is 0.700. The molecule has 1 heterocycles. The fourth-order valence-corrected chi connectivity index (χ4v) is 3.28. The summed E-state index contributed by atoms with van der Waals surface area (Å²) in [6.07, 6.45) is 0.662. The predicted octanol–water partition coefficient (Wildman–Crippen LogP) is 4.74. The first kappa shape index (κ1) is 17.4. The van der Waals surface area contributed by atoms with Gasteiger partial charge in [-0.2, -0.15) is 0 Å². The number of nitrogens with one attached hydrogen (secondary N) is 1. The lowest BCUT2D eigenvalue weighted by Crippen LogP contribution is -2.27. The summed E-state index contributed by atoms with van der Waals surface area (Å²) in [5, 5.41) is 4.03. The number of halogens is 4. The largest absolute Gasteiger partial charge is 0.488 e. The van der Waals surface area contributed by atoms with Crippen molar-refractivity contribution in [3.8, 4) is 16.9 Å². The second-order valence-electron chi connectivity index (χ2n) is 5.04. The monoisotopic (exact) mass is 361 g/mol. The minimum Gasteiger partial charge on any atom is -0.488 e. The molecule has 0 saturated carbocycles. The van der Waals surface area contributed by atoms with Gasteiger partial charge in [-0.25, -0.2) is 4.39 Å².